The summed E-state index contributed by atoms with van der Waals surface area (Å²) in [5, 5.41) is 12.4. The fourth-order valence-corrected chi connectivity index (χ4v) is 1.81. The number of rotatable bonds is 4. The normalized spacial score (nSPS) is 10.3. The molecule has 0 spiro atoms. The topological polar surface area (TPSA) is 66.9 Å². The molecular weight excluding hydrogens is 302 g/mol. The molecule has 1 amide bonds. The molecule has 0 fully saturated rings. The van der Waals surface area contributed by atoms with Crippen LogP contribution >= 0.6 is 11.6 Å². The number of halogens is 3. The Morgan fingerprint density at radius 1 is 1.24 bits per heavy atom. The Morgan fingerprint density at radius 2 is 1.90 bits per heavy atom. The lowest BCUT2D eigenvalue weighted by Gasteiger charge is -2.12. The zero-order chi connectivity index (χ0) is 15.4. The number of benzene rings is 1. The average Bonchev–Trinajstić information content (AvgIpc) is 2.44. The monoisotopic (exact) mass is 312 g/mol. The molecule has 0 saturated carbocycles. The van der Waals surface area contributed by atoms with Gasteiger partial charge < -0.3 is 10.6 Å². The number of aromatic nitrogens is 2. The summed E-state index contributed by atoms with van der Waals surface area (Å²) in [7, 11) is 0. The molecule has 1 heterocycles. The fraction of sp³-hybridized carbons (Fsp3) is 0.154. The lowest BCUT2D eigenvalue weighted by atomic mass is 10.2. The molecule has 0 bridgehead atoms. The van der Waals surface area contributed by atoms with Crippen LogP contribution in [0, 0.1) is 11.6 Å². The van der Waals surface area contributed by atoms with Crippen LogP contribution in [-0.4, -0.2) is 22.6 Å². The number of hydrogen-bond acceptors (Lipinski definition) is 4. The Morgan fingerprint density at radius 3 is 2.52 bits per heavy atom. The van der Waals surface area contributed by atoms with Gasteiger partial charge in [-0.1, -0.05) is 11.6 Å². The van der Waals surface area contributed by atoms with Crippen LogP contribution in [0.1, 0.15) is 17.3 Å². The van der Waals surface area contributed by atoms with Gasteiger partial charge in [0.25, 0.3) is 5.91 Å². The highest BCUT2D eigenvalue weighted by molar-refractivity contribution is 6.29. The van der Waals surface area contributed by atoms with E-state index in [-0.39, 0.29) is 22.1 Å². The van der Waals surface area contributed by atoms with Crippen molar-refractivity contribution in [3.05, 3.63) is 46.7 Å². The van der Waals surface area contributed by atoms with Crippen molar-refractivity contribution in [2.45, 2.75) is 6.92 Å². The molecule has 2 N–H and O–H groups in total. The van der Waals surface area contributed by atoms with Gasteiger partial charge in [0, 0.05) is 18.7 Å². The van der Waals surface area contributed by atoms with Crippen LogP contribution < -0.4 is 10.6 Å². The number of hydrogen-bond donors (Lipinski definition) is 2. The third kappa shape index (κ3) is 3.63. The smallest absolute Gasteiger partial charge is 0.257 e. The molecule has 5 nitrogen and oxygen atoms in total. The fourth-order valence-electron chi connectivity index (χ4n) is 1.65. The van der Waals surface area contributed by atoms with E-state index in [2.05, 4.69) is 20.8 Å². The number of carbonyl (C=O) groups is 1. The SMILES string of the molecule is CCNc1cc(F)c(F)cc1NC(=O)c1cnnc(Cl)c1. The van der Waals surface area contributed by atoms with Gasteiger partial charge in [-0.25, -0.2) is 8.78 Å². The second kappa shape index (κ2) is 6.45. The predicted octanol–water partition coefficient (Wildman–Crippen LogP) is 3.09. The van der Waals surface area contributed by atoms with E-state index in [4.69, 9.17) is 11.6 Å². The van der Waals surface area contributed by atoms with E-state index in [0.29, 0.717) is 6.54 Å². The van der Waals surface area contributed by atoms with Gasteiger partial charge in [0.05, 0.1) is 23.1 Å². The Bertz CT molecular complexity index is 681. The molecule has 1 aromatic carbocycles. The second-order valence-electron chi connectivity index (χ2n) is 4.06. The van der Waals surface area contributed by atoms with Gasteiger partial charge in [0.2, 0.25) is 0 Å². The number of nitrogens with one attached hydrogen (secondary N) is 2. The maximum atomic E-state index is 13.3. The summed E-state index contributed by atoms with van der Waals surface area (Å²) in [5.74, 6) is -2.62. The molecule has 0 saturated heterocycles. The molecule has 0 aliphatic heterocycles. The Balaban J connectivity index is 2.30. The highest BCUT2D eigenvalue weighted by atomic mass is 35.5. The van der Waals surface area contributed by atoms with Crippen LogP contribution in [0.2, 0.25) is 5.15 Å². The number of carbonyl (C=O) groups excluding carboxylic acids is 1. The number of anilines is 2. The van der Waals surface area contributed by atoms with Crippen molar-refractivity contribution < 1.29 is 13.6 Å². The average molecular weight is 313 g/mol. The van der Waals surface area contributed by atoms with Gasteiger partial charge >= 0.3 is 0 Å². The Kier molecular flexibility index (Phi) is 4.64. The molecule has 2 rings (SSSR count). The number of amides is 1. The molecule has 0 atom stereocenters. The zero-order valence-corrected chi connectivity index (χ0v) is 11.7. The lowest BCUT2D eigenvalue weighted by Crippen LogP contribution is -2.15. The van der Waals surface area contributed by atoms with Crippen molar-refractivity contribution in [1.82, 2.24) is 10.2 Å². The van der Waals surface area contributed by atoms with Crippen molar-refractivity contribution in [1.29, 1.82) is 0 Å². The summed E-state index contributed by atoms with van der Waals surface area (Å²) < 4.78 is 26.6. The second-order valence-corrected chi connectivity index (χ2v) is 4.45. The van der Waals surface area contributed by atoms with Crippen molar-refractivity contribution in [2.24, 2.45) is 0 Å². The van der Waals surface area contributed by atoms with Crippen LogP contribution in [0.25, 0.3) is 0 Å². The minimum atomic E-state index is -1.06. The summed E-state index contributed by atoms with van der Waals surface area (Å²) >= 11 is 5.64. The summed E-state index contributed by atoms with van der Waals surface area (Å²) in [6.07, 6.45) is 1.22. The zero-order valence-electron chi connectivity index (χ0n) is 11.0. The molecule has 8 heteroatoms. The minimum absolute atomic E-state index is 0.0554. The van der Waals surface area contributed by atoms with Crippen LogP contribution in [0.4, 0.5) is 20.2 Å². The van der Waals surface area contributed by atoms with E-state index >= 15 is 0 Å². The highest BCUT2D eigenvalue weighted by Gasteiger charge is 2.14. The molecular formula is C13H11ClF2N4O. The largest absolute Gasteiger partial charge is 0.384 e. The molecule has 110 valence electrons. The lowest BCUT2D eigenvalue weighted by molar-refractivity contribution is 0.102. The number of nitrogens with zero attached hydrogens (tertiary/aromatic N) is 2. The van der Waals surface area contributed by atoms with E-state index in [1.807, 2.05) is 0 Å². The first-order chi connectivity index (χ1) is 10.0. The Hall–Kier alpha value is -2.28. The van der Waals surface area contributed by atoms with Crippen LogP contribution in [0.3, 0.4) is 0 Å². The molecule has 21 heavy (non-hydrogen) atoms. The van der Waals surface area contributed by atoms with E-state index in [1.165, 1.54) is 12.3 Å². The van der Waals surface area contributed by atoms with Crippen molar-refractivity contribution in [2.75, 3.05) is 17.2 Å². The molecule has 2 aromatic rings. The van der Waals surface area contributed by atoms with Crippen molar-refractivity contribution in [3.8, 4) is 0 Å². The van der Waals surface area contributed by atoms with E-state index in [1.54, 1.807) is 6.92 Å². The summed E-state index contributed by atoms with van der Waals surface area (Å²) in [4.78, 5) is 12.0. The quantitative estimate of drug-likeness (QED) is 0.910. The maximum absolute atomic E-state index is 13.3. The Labute approximate surface area is 124 Å². The van der Waals surface area contributed by atoms with Crippen molar-refractivity contribution >= 4 is 28.9 Å². The standard InChI is InChI=1S/C13H11ClF2N4O/c1-2-17-10-4-8(15)9(16)5-11(10)19-13(21)7-3-12(14)20-18-6-7/h3-6,17H,2H2,1H3,(H,19,21). The van der Waals surface area contributed by atoms with Crippen LogP contribution in [0.5, 0.6) is 0 Å². The predicted molar refractivity (Wildman–Crippen MR) is 75.5 cm³/mol. The first kappa shape index (κ1) is 15.1. The van der Waals surface area contributed by atoms with Gasteiger partial charge in [-0.3, -0.25) is 4.79 Å². The van der Waals surface area contributed by atoms with Gasteiger partial charge in [-0.2, -0.15) is 5.10 Å². The highest BCUT2D eigenvalue weighted by Crippen LogP contribution is 2.25. The molecule has 0 unspecified atom stereocenters. The van der Waals surface area contributed by atoms with E-state index < -0.39 is 17.5 Å². The third-order valence-corrected chi connectivity index (χ3v) is 2.75. The van der Waals surface area contributed by atoms with Crippen LogP contribution in [-0.2, 0) is 0 Å². The molecule has 0 radical (unpaired) electrons. The minimum Gasteiger partial charge on any atom is -0.384 e. The summed E-state index contributed by atoms with van der Waals surface area (Å²) in [6.45, 7) is 2.27. The first-order valence-electron chi connectivity index (χ1n) is 6.03. The molecule has 0 aliphatic rings. The van der Waals surface area contributed by atoms with E-state index in [0.717, 1.165) is 12.1 Å². The molecule has 0 aliphatic carbocycles. The van der Waals surface area contributed by atoms with E-state index in [9.17, 15) is 13.6 Å². The third-order valence-electron chi connectivity index (χ3n) is 2.56. The summed E-state index contributed by atoms with van der Waals surface area (Å²) in [6, 6.07) is 3.20. The first-order valence-corrected chi connectivity index (χ1v) is 6.41. The maximum Gasteiger partial charge on any atom is 0.257 e. The van der Waals surface area contributed by atoms with Crippen molar-refractivity contribution in [3.63, 3.8) is 0 Å². The van der Waals surface area contributed by atoms with Gasteiger partial charge in [-0.15, -0.1) is 5.10 Å². The van der Waals surface area contributed by atoms with Gasteiger partial charge in [-0.05, 0) is 13.0 Å². The van der Waals surface area contributed by atoms with Gasteiger partial charge in [0.1, 0.15) is 0 Å². The summed E-state index contributed by atoms with van der Waals surface area (Å²) in [5.41, 5.74) is 0.550. The van der Waals surface area contributed by atoms with Gasteiger partial charge in [0.15, 0.2) is 16.8 Å². The van der Waals surface area contributed by atoms with Crippen LogP contribution in [0.15, 0.2) is 24.4 Å². The molecule has 1 aromatic heterocycles.